The zero-order valence-corrected chi connectivity index (χ0v) is 27.7. The van der Waals surface area contributed by atoms with Crippen molar-refractivity contribution in [3.8, 4) is 5.75 Å². The van der Waals surface area contributed by atoms with Gasteiger partial charge in [-0.25, -0.2) is 0 Å². The van der Waals surface area contributed by atoms with Crippen molar-refractivity contribution in [1.82, 2.24) is 15.5 Å². The smallest absolute Gasteiger partial charge is 0.228 e. The number of nitrogens with one attached hydrogen (secondary N) is 2. The highest BCUT2D eigenvalue weighted by Gasteiger charge is 2.50. The molecule has 1 heterocycles. The van der Waals surface area contributed by atoms with Gasteiger partial charge >= 0.3 is 0 Å². The summed E-state index contributed by atoms with van der Waals surface area (Å²) in [6, 6.07) is 25.3. The lowest BCUT2D eigenvalue weighted by Gasteiger charge is -2.52. The molecule has 1 saturated heterocycles. The summed E-state index contributed by atoms with van der Waals surface area (Å²) in [7, 11) is 1.57. The maximum atomic E-state index is 13.9. The number of carbonyl (C=O) groups is 2. The Bertz CT molecular complexity index is 1430. The van der Waals surface area contributed by atoms with E-state index in [4.69, 9.17) is 9.84 Å². The van der Waals surface area contributed by atoms with E-state index in [-0.39, 0.29) is 43.8 Å². The van der Waals surface area contributed by atoms with Gasteiger partial charge in [0.25, 0.3) is 0 Å². The molecule has 8 unspecified atom stereocenters. The molecule has 0 spiro atoms. The molecule has 0 aromatic heterocycles. The van der Waals surface area contributed by atoms with Crippen LogP contribution in [0.4, 0.5) is 0 Å². The zero-order chi connectivity index (χ0) is 35.3. The predicted molar refractivity (Wildman–Crippen MR) is 182 cm³/mol. The number of benzene rings is 3. The molecule has 12 heteroatoms. The van der Waals surface area contributed by atoms with Crippen LogP contribution >= 0.6 is 0 Å². The van der Waals surface area contributed by atoms with E-state index < -0.39 is 49.1 Å². The van der Waals surface area contributed by atoms with Crippen LogP contribution in [0, 0.1) is 5.92 Å². The molecular formula is C37H49N3O9. The van der Waals surface area contributed by atoms with Gasteiger partial charge in [0, 0.05) is 32.1 Å². The minimum absolute atomic E-state index is 0.113. The van der Waals surface area contributed by atoms with Gasteiger partial charge in [-0.3, -0.25) is 9.59 Å². The van der Waals surface area contributed by atoms with Crippen LogP contribution in [0.15, 0.2) is 84.9 Å². The van der Waals surface area contributed by atoms with Gasteiger partial charge in [-0.2, -0.15) is 0 Å². The van der Waals surface area contributed by atoms with Gasteiger partial charge in [-0.05, 0) is 48.1 Å². The Kier molecular flexibility index (Phi) is 14.5. The maximum absolute atomic E-state index is 13.9. The topological polar surface area (TPSA) is 192 Å². The molecule has 12 nitrogen and oxygen atoms in total. The molecule has 3 aromatic carbocycles. The van der Waals surface area contributed by atoms with Crippen molar-refractivity contribution in [3.63, 3.8) is 0 Å². The largest absolute Gasteiger partial charge is 0.497 e. The average molecular weight is 680 g/mol. The highest BCUT2D eigenvalue weighted by Crippen LogP contribution is 2.45. The molecule has 0 radical (unpaired) electrons. The van der Waals surface area contributed by atoms with E-state index in [0.29, 0.717) is 25.1 Å². The number of aliphatic hydroxyl groups is 6. The van der Waals surface area contributed by atoms with Crippen LogP contribution in [0.1, 0.15) is 54.5 Å². The Labute approximate surface area is 287 Å². The monoisotopic (exact) mass is 679 g/mol. The lowest BCUT2D eigenvalue weighted by atomic mass is 9.77. The van der Waals surface area contributed by atoms with Crippen molar-refractivity contribution in [2.75, 3.05) is 26.8 Å². The van der Waals surface area contributed by atoms with Crippen LogP contribution in [0.3, 0.4) is 0 Å². The fourth-order valence-corrected chi connectivity index (χ4v) is 6.24. The third-order valence-corrected chi connectivity index (χ3v) is 9.13. The second-order valence-electron chi connectivity index (χ2n) is 12.5. The highest BCUT2D eigenvalue weighted by molar-refractivity contribution is 5.87. The molecule has 2 amide bonds. The molecule has 1 aliphatic rings. The first-order chi connectivity index (χ1) is 23.6. The molecule has 266 valence electrons. The molecule has 3 aromatic rings. The van der Waals surface area contributed by atoms with Gasteiger partial charge in [0.2, 0.25) is 11.8 Å². The fraction of sp³-hybridized carbons (Fsp3) is 0.459. The van der Waals surface area contributed by atoms with Crippen molar-refractivity contribution in [1.29, 1.82) is 0 Å². The van der Waals surface area contributed by atoms with E-state index in [1.807, 2.05) is 84.9 Å². The Hall–Kier alpha value is -3.88. The molecule has 0 aliphatic carbocycles. The van der Waals surface area contributed by atoms with E-state index >= 15 is 0 Å². The van der Waals surface area contributed by atoms with Crippen LogP contribution in [-0.2, 0) is 16.1 Å². The number of methoxy groups -OCH3 is 1. The second kappa shape index (κ2) is 18.8. The van der Waals surface area contributed by atoms with Gasteiger partial charge in [0.15, 0.2) is 0 Å². The summed E-state index contributed by atoms with van der Waals surface area (Å²) in [5.41, 5.74) is 2.59. The fourth-order valence-electron chi connectivity index (χ4n) is 6.24. The summed E-state index contributed by atoms with van der Waals surface area (Å²) in [4.78, 5) is 28.6. The second-order valence-corrected chi connectivity index (χ2v) is 12.5. The quantitative estimate of drug-likeness (QED) is 0.0806. The summed E-state index contributed by atoms with van der Waals surface area (Å²) in [5.74, 6) is -0.0865. The Balaban J connectivity index is 1.50. The van der Waals surface area contributed by atoms with Crippen molar-refractivity contribution in [3.05, 3.63) is 102 Å². The average Bonchev–Trinajstić information content (AvgIpc) is 3.14. The standard InChI is InChI=1S/C37H49N3O9/c1-49-28-15-12-26(13-16-28)34-29(17-18-30(42)25-10-6-3-7-11-25)37(48)40(34)27(14-19-33(45)39-20-24-8-4-2-5-9-24)21-38-22-31(43)35(46)36(47)32(44)23-41/h2-13,15-16,27,29-32,34-36,38,41-44,46-47H,14,17-23H2,1H3,(H,39,45). The number of rotatable bonds is 20. The number of β-lactam (4-membered cyclic amide) rings is 1. The normalized spacial score (nSPS) is 19.7. The molecule has 49 heavy (non-hydrogen) atoms. The maximum Gasteiger partial charge on any atom is 0.228 e. The third-order valence-electron chi connectivity index (χ3n) is 9.13. The highest BCUT2D eigenvalue weighted by atomic mass is 16.5. The molecule has 8 N–H and O–H groups in total. The van der Waals surface area contributed by atoms with Crippen LogP contribution in [0.2, 0.25) is 0 Å². The van der Waals surface area contributed by atoms with Crippen molar-refractivity contribution in [2.45, 2.75) is 74.8 Å². The van der Waals surface area contributed by atoms with Gasteiger partial charge in [0.1, 0.15) is 24.1 Å². The first-order valence-corrected chi connectivity index (χ1v) is 16.7. The number of aliphatic hydroxyl groups excluding tert-OH is 6. The number of likely N-dealkylation sites (tertiary alicyclic amines) is 1. The summed E-state index contributed by atoms with van der Waals surface area (Å²) >= 11 is 0. The van der Waals surface area contributed by atoms with E-state index in [9.17, 15) is 35.1 Å². The zero-order valence-electron chi connectivity index (χ0n) is 27.7. The first-order valence-electron chi connectivity index (χ1n) is 16.7. The van der Waals surface area contributed by atoms with Crippen LogP contribution in [-0.4, -0.2) is 105 Å². The van der Waals surface area contributed by atoms with Gasteiger partial charge in [0.05, 0.1) is 37.9 Å². The van der Waals surface area contributed by atoms with Crippen LogP contribution in [0.25, 0.3) is 0 Å². The van der Waals surface area contributed by atoms with Crippen molar-refractivity contribution >= 4 is 11.8 Å². The van der Waals surface area contributed by atoms with E-state index in [1.54, 1.807) is 12.0 Å². The molecule has 1 aliphatic heterocycles. The minimum Gasteiger partial charge on any atom is -0.497 e. The van der Waals surface area contributed by atoms with Crippen molar-refractivity contribution in [2.24, 2.45) is 5.92 Å². The molecule has 4 rings (SSSR count). The molecule has 0 bridgehead atoms. The Morgan fingerprint density at radius 1 is 0.837 bits per heavy atom. The van der Waals surface area contributed by atoms with E-state index in [2.05, 4.69) is 10.6 Å². The SMILES string of the molecule is COc1ccc(C2C(CCC(O)c3ccccc3)C(=O)N2C(CCC(=O)NCc2ccccc2)CNCC(O)C(O)C(O)C(O)CO)cc1. The molecule has 1 fully saturated rings. The predicted octanol–water partition coefficient (Wildman–Crippen LogP) is 1.20. The summed E-state index contributed by atoms with van der Waals surface area (Å²) in [6.07, 6.45) is -6.18. The van der Waals surface area contributed by atoms with E-state index in [0.717, 1.165) is 16.7 Å². The summed E-state index contributed by atoms with van der Waals surface area (Å²) < 4.78 is 5.34. The first kappa shape index (κ1) is 37.9. The minimum atomic E-state index is -1.77. The van der Waals surface area contributed by atoms with E-state index in [1.165, 1.54) is 0 Å². The summed E-state index contributed by atoms with van der Waals surface area (Å²) in [5, 5.41) is 66.4. The number of nitrogens with zero attached hydrogens (tertiary/aromatic N) is 1. The van der Waals surface area contributed by atoms with Gasteiger partial charge in [-0.1, -0.05) is 72.8 Å². The Morgan fingerprint density at radius 2 is 1.47 bits per heavy atom. The lowest BCUT2D eigenvalue weighted by Crippen LogP contribution is -2.61. The number of hydrogen-bond donors (Lipinski definition) is 8. The number of amides is 2. The van der Waals surface area contributed by atoms with Crippen LogP contribution < -0.4 is 15.4 Å². The molecule has 0 saturated carbocycles. The number of carbonyl (C=O) groups excluding carboxylic acids is 2. The molecule has 8 atom stereocenters. The third kappa shape index (κ3) is 10.3. The Morgan fingerprint density at radius 3 is 2.10 bits per heavy atom. The van der Waals surface area contributed by atoms with Gasteiger partial charge in [-0.15, -0.1) is 0 Å². The number of ether oxygens (including phenoxy) is 1. The van der Waals surface area contributed by atoms with Crippen molar-refractivity contribution < 1.29 is 45.0 Å². The van der Waals surface area contributed by atoms with Gasteiger partial charge < -0.3 is 50.9 Å². The number of hydrogen-bond acceptors (Lipinski definition) is 10. The molecular weight excluding hydrogens is 630 g/mol. The summed E-state index contributed by atoms with van der Waals surface area (Å²) in [6.45, 7) is -0.487. The lowest BCUT2D eigenvalue weighted by molar-refractivity contribution is -0.163. The van der Waals surface area contributed by atoms with Crippen LogP contribution in [0.5, 0.6) is 5.75 Å².